The Hall–Kier alpha value is -1.63. The molecule has 7 heteroatoms. The first-order chi connectivity index (χ1) is 9.77. The zero-order valence-electron chi connectivity index (χ0n) is 11.2. The summed E-state index contributed by atoms with van der Waals surface area (Å²) in [6.45, 7) is 0.916. The molecule has 116 valence electrons. The maximum absolute atomic E-state index is 13.3. The summed E-state index contributed by atoms with van der Waals surface area (Å²) >= 11 is 0. The zero-order valence-corrected chi connectivity index (χ0v) is 11.2. The third-order valence-electron chi connectivity index (χ3n) is 3.72. The molecule has 2 rings (SSSR count). The third kappa shape index (κ3) is 3.93. The molecule has 0 spiro atoms. The highest BCUT2D eigenvalue weighted by Gasteiger charge is 2.40. The monoisotopic (exact) mass is 305 g/mol. The van der Waals surface area contributed by atoms with Gasteiger partial charge in [-0.3, -0.25) is 4.90 Å². The maximum atomic E-state index is 13.3. The molecule has 0 radical (unpaired) electrons. The molecule has 0 atom stereocenters. The van der Waals surface area contributed by atoms with Crippen LogP contribution in [-0.2, 0) is 6.54 Å². The number of halogens is 4. The highest BCUT2D eigenvalue weighted by molar-refractivity contribution is 5.88. The minimum Gasteiger partial charge on any atom is -0.478 e. The molecular weight excluding hydrogens is 290 g/mol. The van der Waals surface area contributed by atoms with E-state index < -0.39 is 29.4 Å². The van der Waals surface area contributed by atoms with Crippen LogP contribution in [0.15, 0.2) is 18.2 Å². The number of benzene rings is 1. The van der Waals surface area contributed by atoms with Gasteiger partial charge in [-0.15, -0.1) is 0 Å². The van der Waals surface area contributed by atoms with Gasteiger partial charge in [0.2, 0.25) is 0 Å². The Morgan fingerprint density at radius 1 is 1.29 bits per heavy atom. The molecule has 1 aliphatic rings. The summed E-state index contributed by atoms with van der Waals surface area (Å²) in [6.07, 6.45) is -4.08. The van der Waals surface area contributed by atoms with E-state index in [1.807, 2.05) is 4.90 Å². The number of piperidine rings is 1. The lowest BCUT2D eigenvalue weighted by Gasteiger charge is -2.32. The molecular formula is C14H15F4NO2. The van der Waals surface area contributed by atoms with Crippen LogP contribution in [0.2, 0.25) is 0 Å². The van der Waals surface area contributed by atoms with Crippen molar-refractivity contribution in [2.45, 2.75) is 25.6 Å². The van der Waals surface area contributed by atoms with E-state index in [-0.39, 0.29) is 12.8 Å². The summed E-state index contributed by atoms with van der Waals surface area (Å²) in [5.74, 6) is -3.44. The van der Waals surface area contributed by atoms with E-state index >= 15 is 0 Å². The van der Waals surface area contributed by atoms with E-state index in [4.69, 9.17) is 5.11 Å². The predicted molar refractivity (Wildman–Crippen MR) is 67.4 cm³/mol. The second-order valence-corrected chi connectivity index (χ2v) is 5.21. The standard InChI is InChI=1S/C14H15F4NO2/c15-12-2-1-9(7-11(12)13(20)21)8-19-5-3-10(4-6-19)14(16,17)18/h1-2,7,10H,3-6,8H2,(H,20,21). The van der Waals surface area contributed by atoms with Crippen molar-refractivity contribution in [2.24, 2.45) is 5.92 Å². The molecule has 1 N–H and O–H groups in total. The summed E-state index contributed by atoms with van der Waals surface area (Å²) < 4.78 is 50.9. The Bertz CT molecular complexity index is 522. The number of likely N-dealkylation sites (tertiary alicyclic amines) is 1. The van der Waals surface area contributed by atoms with Gasteiger partial charge in [0.15, 0.2) is 0 Å². The molecule has 0 unspecified atom stereocenters. The van der Waals surface area contributed by atoms with Crippen LogP contribution in [0.1, 0.15) is 28.8 Å². The average Bonchev–Trinajstić information content (AvgIpc) is 2.40. The number of hydrogen-bond donors (Lipinski definition) is 1. The number of nitrogens with zero attached hydrogens (tertiary/aromatic N) is 1. The highest BCUT2D eigenvalue weighted by atomic mass is 19.4. The van der Waals surface area contributed by atoms with Crippen molar-refractivity contribution in [3.05, 3.63) is 35.1 Å². The van der Waals surface area contributed by atoms with Crippen molar-refractivity contribution < 1.29 is 27.5 Å². The summed E-state index contributed by atoms with van der Waals surface area (Å²) in [5, 5.41) is 8.84. The number of carboxylic acids is 1. The van der Waals surface area contributed by atoms with E-state index in [0.717, 1.165) is 6.07 Å². The maximum Gasteiger partial charge on any atom is 0.391 e. The molecule has 1 aromatic carbocycles. The van der Waals surface area contributed by atoms with Crippen LogP contribution >= 0.6 is 0 Å². The molecule has 1 heterocycles. The molecule has 1 aromatic rings. The largest absolute Gasteiger partial charge is 0.478 e. The first-order valence-electron chi connectivity index (χ1n) is 6.58. The molecule has 0 aliphatic carbocycles. The fraction of sp³-hybridized carbons (Fsp3) is 0.500. The lowest BCUT2D eigenvalue weighted by Crippen LogP contribution is -2.38. The number of carbonyl (C=O) groups is 1. The van der Waals surface area contributed by atoms with Gasteiger partial charge in [-0.1, -0.05) is 6.07 Å². The topological polar surface area (TPSA) is 40.5 Å². The lowest BCUT2D eigenvalue weighted by molar-refractivity contribution is -0.185. The number of carboxylic acid groups (broad SMARTS) is 1. The number of aromatic carboxylic acids is 1. The van der Waals surface area contributed by atoms with Crippen molar-refractivity contribution in [3.63, 3.8) is 0 Å². The molecule has 21 heavy (non-hydrogen) atoms. The number of alkyl halides is 3. The SMILES string of the molecule is O=C(O)c1cc(CN2CCC(C(F)(F)F)CC2)ccc1F. The van der Waals surface area contributed by atoms with Crippen molar-refractivity contribution in [3.8, 4) is 0 Å². The highest BCUT2D eigenvalue weighted by Crippen LogP contribution is 2.34. The molecule has 1 fully saturated rings. The smallest absolute Gasteiger partial charge is 0.391 e. The van der Waals surface area contributed by atoms with Crippen LogP contribution in [0, 0.1) is 11.7 Å². The van der Waals surface area contributed by atoms with Gasteiger partial charge in [-0.2, -0.15) is 13.2 Å². The second kappa shape index (κ2) is 6.01. The Kier molecular flexibility index (Phi) is 4.51. The van der Waals surface area contributed by atoms with Gasteiger partial charge in [0.05, 0.1) is 11.5 Å². The minimum atomic E-state index is -4.15. The van der Waals surface area contributed by atoms with Crippen molar-refractivity contribution in [1.82, 2.24) is 4.90 Å². The predicted octanol–water partition coefficient (Wildman–Crippen LogP) is 3.30. The van der Waals surface area contributed by atoms with Crippen LogP contribution in [0.4, 0.5) is 17.6 Å². The van der Waals surface area contributed by atoms with Gasteiger partial charge in [-0.05, 0) is 43.6 Å². The normalized spacial score (nSPS) is 17.9. The van der Waals surface area contributed by atoms with Gasteiger partial charge in [0.25, 0.3) is 0 Å². The van der Waals surface area contributed by atoms with Crippen molar-refractivity contribution in [1.29, 1.82) is 0 Å². The van der Waals surface area contributed by atoms with E-state index in [2.05, 4.69) is 0 Å². The first kappa shape index (κ1) is 15.8. The first-order valence-corrected chi connectivity index (χ1v) is 6.58. The summed E-state index contributed by atoms with van der Waals surface area (Å²) in [7, 11) is 0. The van der Waals surface area contributed by atoms with Crippen LogP contribution < -0.4 is 0 Å². The molecule has 0 aromatic heterocycles. The van der Waals surface area contributed by atoms with Gasteiger partial charge < -0.3 is 5.11 Å². The fourth-order valence-corrected chi connectivity index (χ4v) is 2.51. The van der Waals surface area contributed by atoms with Crippen LogP contribution in [-0.4, -0.2) is 35.2 Å². The third-order valence-corrected chi connectivity index (χ3v) is 3.72. The molecule has 0 saturated carbocycles. The van der Waals surface area contributed by atoms with E-state index in [9.17, 15) is 22.4 Å². The van der Waals surface area contributed by atoms with Gasteiger partial charge >= 0.3 is 12.1 Å². The average molecular weight is 305 g/mol. The lowest BCUT2D eigenvalue weighted by atomic mass is 9.96. The molecule has 0 bridgehead atoms. The summed E-state index contributed by atoms with van der Waals surface area (Å²) in [5.41, 5.74) is 0.164. The number of rotatable bonds is 3. The Labute approximate surface area is 119 Å². The van der Waals surface area contributed by atoms with Crippen molar-refractivity contribution >= 4 is 5.97 Å². The second-order valence-electron chi connectivity index (χ2n) is 5.21. The zero-order chi connectivity index (χ0) is 15.6. The summed E-state index contributed by atoms with van der Waals surface area (Å²) in [4.78, 5) is 12.7. The van der Waals surface area contributed by atoms with E-state index in [1.54, 1.807) is 0 Å². The van der Waals surface area contributed by atoms with Gasteiger partial charge in [0.1, 0.15) is 5.82 Å². The van der Waals surface area contributed by atoms with E-state index in [1.165, 1.54) is 12.1 Å². The van der Waals surface area contributed by atoms with Crippen molar-refractivity contribution in [2.75, 3.05) is 13.1 Å². The molecule has 0 amide bonds. The fourth-order valence-electron chi connectivity index (χ4n) is 2.51. The number of hydrogen-bond acceptors (Lipinski definition) is 2. The Morgan fingerprint density at radius 2 is 1.90 bits per heavy atom. The quantitative estimate of drug-likeness (QED) is 0.871. The molecule has 1 aliphatic heterocycles. The molecule has 3 nitrogen and oxygen atoms in total. The summed E-state index contributed by atoms with van der Waals surface area (Å²) in [6, 6.07) is 3.76. The van der Waals surface area contributed by atoms with Crippen LogP contribution in [0.3, 0.4) is 0 Å². The van der Waals surface area contributed by atoms with Gasteiger partial charge in [-0.25, -0.2) is 9.18 Å². The minimum absolute atomic E-state index is 0.0382. The Morgan fingerprint density at radius 3 is 2.43 bits per heavy atom. The molecule has 1 saturated heterocycles. The van der Waals surface area contributed by atoms with Crippen LogP contribution in [0.25, 0.3) is 0 Å². The van der Waals surface area contributed by atoms with Gasteiger partial charge in [0, 0.05) is 6.54 Å². The Balaban J connectivity index is 1.98. The van der Waals surface area contributed by atoms with Crippen LogP contribution in [0.5, 0.6) is 0 Å². The van der Waals surface area contributed by atoms with E-state index in [0.29, 0.717) is 25.2 Å².